The maximum absolute atomic E-state index is 8.55. The van der Waals surface area contributed by atoms with E-state index in [0.717, 1.165) is 0 Å². The third-order valence-corrected chi connectivity index (χ3v) is 0. The molecule has 0 amide bonds. The van der Waals surface area contributed by atoms with Crippen molar-refractivity contribution < 1.29 is 36.0 Å². The maximum Gasteiger partial charge on any atom is 3.00 e. The van der Waals surface area contributed by atoms with Gasteiger partial charge in [0.15, 0.2) is 0 Å². The van der Waals surface area contributed by atoms with Crippen LogP contribution >= 0.6 is 7.82 Å². The first-order valence-corrected chi connectivity index (χ1v) is 2.19. The molecular weight excluding hydrogens is 210 g/mol. The van der Waals surface area contributed by atoms with Crippen LogP contribution in [0, 0.1) is 0 Å². The average molecular weight is 218 g/mol. The molecule has 0 spiro atoms. The summed E-state index contributed by atoms with van der Waals surface area (Å²) in [4.78, 5) is 25.6. The molecule has 0 aromatic rings. The monoisotopic (exact) mass is 218 g/mol. The van der Waals surface area contributed by atoms with Crippen LogP contribution in [0.5, 0.6) is 0 Å². The standard InChI is InChI=1S/Co.4H2N.H3O4P/c;;;;;1-5(2,3)4/h;4*1H2;(H3,1,2,3,4)/q+3;4*-1;/p-3. The second-order valence-corrected chi connectivity index (χ2v) is 1.34. The van der Waals surface area contributed by atoms with Crippen molar-refractivity contribution in [3.05, 3.63) is 24.6 Å². The molecule has 0 saturated carbocycles. The third-order valence-electron chi connectivity index (χ3n) is 0. The van der Waals surface area contributed by atoms with Gasteiger partial charge in [-0.3, -0.25) is 0 Å². The van der Waals surface area contributed by atoms with Crippen molar-refractivity contribution in [2.45, 2.75) is 0 Å². The van der Waals surface area contributed by atoms with E-state index in [1.165, 1.54) is 0 Å². The van der Waals surface area contributed by atoms with E-state index in [2.05, 4.69) is 0 Å². The molecule has 0 aromatic heterocycles. The van der Waals surface area contributed by atoms with E-state index in [-0.39, 0.29) is 41.4 Å². The summed E-state index contributed by atoms with van der Waals surface area (Å²) >= 11 is 0. The van der Waals surface area contributed by atoms with Gasteiger partial charge in [-0.15, -0.1) is 0 Å². The average Bonchev–Trinajstić information content (AvgIpc) is 0.722. The number of phosphoric acid groups is 1. The fraction of sp³-hybridized carbons (Fsp3) is 0. The minimum absolute atomic E-state index is 0. The van der Waals surface area contributed by atoms with Crippen molar-refractivity contribution in [2.24, 2.45) is 0 Å². The Bertz CT molecular complexity index is 63.4. The Morgan fingerprint density at radius 1 is 0.800 bits per heavy atom. The molecule has 70 valence electrons. The van der Waals surface area contributed by atoms with E-state index >= 15 is 0 Å². The molecule has 8 nitrogen and oxygen atoms in total. The van der Waals surface area contributed by atoms with E-state index in [9.17, 15) is 0 Å². The molecule has 0 fully saturated rings. The minimum Gasteiger partial charge on any atom is -0.822 e. The minimum atomic E-state index is -5.39. The molecule has 0 bridgehead atoms. The van der Waals surface area contributed by atoms with Crippen molar-refractivity contribution in [1.82, 2.24) is 0 Å². The Kier molecular flexibility index (Phi) is 76.4. The Morgan fingerprint density at radius 3 is 0.800 bits per heavy atom. The molecule has 0 unspecified atom stereocenters. The van der Waals surface area contributed by atoms with Crippen LogP contribution < -0.4 is 14.7 Å². The van der Waals surface area contributed by atoms with Gasteiger partial charge in [-0.25, -0.2) is 0 Å². The topological polar surface area (TPSA) is 220 Å². The van der Waals surface area contributed by atoms with Gasteiger partial charge >= 0.3 is 16.8 Å². The predicted molar refractivity (Wildman–Crippen MR) is 28.7 cm³/mol. The van der Waals surface area contributed by atoms with Crippen molar-refractivity contribution in [1.29, 1.82) is 0 Å². The molecule has 0 rings (SSSR count). The van der Waals surface area contributed by atoms with Crippen molar-refractivity contribution in [3.63, 3.8) is 0 Å². The number of hydrogen-bond donors (Lipinski definition) is 0. The quantitative estimate of drug-likeness (QED) is 0.513. The van der Waals surface area contributed by atoms with E-state index < -0.39 is 7.82 Å². The zero-order valence-corrected chi connectivity index (χ0v) is 6.66. The summed E-state index contributed by atoms with van der Waals surface area (Å²) in [6.07, 6.45) is 0. The summed E-state index contributed by atoms with van der Waals surface area (Å²) in [5, 5.41) is 0. The van der Waals surface area contributed by atoms with E-state index in [4.69, 9.17) is 19.2 Å². The van der Waals surface area contributed by atoms with Crippen LogP contribution in [-0.2, 0) is 21.3 Å². The van der Waals surface area contributed by atoms with Crippen LogP contribution in [0.2, 0.25) is 0 Å². The van der Waals surface area contributed by atoms with Crippen LogP contribution in [0.15, 0.2) is 0 Å². The number of nitrogens with two attached hydrogens (primary N) is 4. The van der Waals surface area contributed by atoms with Crippen LogP contribution in [0.1, 0.15) is 0 Å². The van der Waals surface area contributed by atoms with Crippen molar-refractivity contribution >= 4 is 7.82 Å². The third kappa shape index (κ3) is 2260. The van der Waals surface area contributed by atoms with Crippen molar-refractivity contribution in [2.75, 3.05) is 0 Å². The molecule has 0 radical (unpaired) electrons. The fourth-order valence-electron chi connectivity index (χ4n) is 0. The maximum atomic E-state index is 8.55. The summed E-state index contributed by atoms with van der Waals surface area (Å²) in [7, 11) is -5.39. The second kappa shape index (κ2) is 16.2. The fourth-order valence-corrected chi connectivity index (χ4v) is 0. The summed E-state index contributed by atoms with van der Waals surface area (Å²) in [6, 6.07) is 0. The van der Waals surface area contributed by atoms with E-state index in [1.54, 1.807) is 0 Å². The first kappa shape index (κ1) is 47.1. The predicted octanol–water partition coefficient (Wildman–Crippen LogP) is 0.0413. The molecule has 0 atom stereocenters. The molecule has 0 aliphatic heterocycles. The van der Waals surface area contributed by atoms with E-state index in [1.807, 2.05) is 0 Å². The van der Waals surface area contributed by atoms with E-state index in [0.29, 0.717) is 0 Å². The molecule has 0 saturated heterocycles. The molecule has 0 aliphatic rings. The summed E-state index contributed by atoms with van der Waals surface area (Å²) in [5.41, 5.74) is 0. The molecule has 10 heteroatoms. The SMILES string of the molecule is O=P([O-])([O-])[O-].[Co+3].[NH2-].[NH2-].[NH2-].[NH2-]. The van der Waals surface area contributed by atoms with Gasteiger partial charge in [0.05, 0.1) is 0 Å². The Labute approximate surface area is 69.2 Å². The van der Waals surface area contributed by atoms with Gasteiger partial charge in [0.25, 0.3) is 0 Å². The summed E-state index contributed by atoms with van der Waals surface area (Å²) in [5.74, 6) is 0. The summed E-state index contributed by atoms with van der Waals surface area (Å²) < 4.78 is 8.55. The molecule has 10 heavy (non-hydrogen) atoms. The van der Waals surface area contributed by atoms with Crippen LogP contribution in [0.3, 0.4) is 0 Å². The summed E-state index contributed by atoms with van der Waals surface area (Å²) in [6.45, 7) is 0. The van der Waals surface area contributed by atoms with Crippen LogP contribution in [0.25, 0.3) is 24.6 Å². The molecule has 0 aromatic carbocycles. The number of hydrogen-bond acceptors (Lipinski definition) is 4. The molecule has 0 heterocycles. The van der Waals surface area contributed by atoms with Gasteiger partial charge in [0, 0.05) is 0 Å². The Morgan fingerprint density at radius 2 is 0.800 bits per heavy atom. The van der Waals surface area contributed by atoms with Gasteiger partial charge in [0.1, 0.15) is 0 Å². The first-order valence-electron chi connectivity index (χ1n) is 0.730. The van der Waals surface area contributed by atoms with Crippen LogP contribution in [0.4, 0.5) is 0 Å². The van der Waals surface area contributed by atoms with Crippen molar-refractivity contribution in [3.8, 4) is 0 Å². The zero-order chi connectivity index (χ0) is 4.50. The van der Waals surface area contributed by atoms with Gasteiger partial charge in [-0.2, -0.15) is 7.82 Å². The Hall–Kier alpha value is 0.456. The second-order valence-electron chi connectivity index (χ2n) is 0.447. The van der Waals surface area contributed by atoms with Gasteiger partial charge < -0.3 is 43.8 Å². The molecule has 8 N–H and O–H groups in total. The first-order chi connectivity index (χ1) is 2.00. The Balaban J connectivity index is -0.00000000800. The van der Waals surface area contributed by atoms with Gasteiger partial charge in [-0.1, -0.05) is 0 Å². The smallest absolute Gasteiger partial charge is 0.822 e. The molecular formula is H8CoN4O4P-4. The largest absolute Gasteiger partial charge is 3.00 e. The van der Waals surface area contributed by atoms with Gasteiger partial charge in [-0.05, 0) is 0 Å². The number of rotatable bonds is 0. The zero-order valence-electron chi connectivity index (χ0n) is 4.72. The van der Waals surface area contributed by atoms with Crippen LogP contribution in [-0.4, -0.2) is 0 Å². The normalized spacial score (nSPS) is 5.90. The van der Waals surface area contributed by atoms with Gasteiger partial charge in [0.2, 0.25) is 0 Å². The molecule has 0 aliphatic carbocycles.